The average Bonchev–Trinajstić information content (AvgIpc) is 2.77. The van der Waals surface area contributed by atoms with Gasteiger partial charge < -0.3 is 5.32 Å². The molecule has 0 aliphatic carbocycles. The Morgan fingerprint density at radius 1 is 1.24 bits per heavy atom. The lowest BCUT2D eigenvalue weighted by Gasteiger charge is -2.14. The van der Waals surface area contributed by atoms with Gasteiger partial charge in [-0.1, -0.05) is 44.2 Å². The molecule has 1 amide bonds. The molecule has 21 heavy (non-hydrogen) atoms. The van der Waals surface area contributed by atoms with Gasteiger partial charge in [-0.2, -0.15) is 0 Å². The summed E-state index contributed by atoms with van der Waals surface area (Å²) in [6, 6.07) is 5.88. The lowest BCUT2D eigenvalue weighted by molar-refractivity contribution is -0.115. The molecule has 0 saturated carbocycles. The Morgan fingerprint density at radius 3 is 2.52 bits per heavy atom. The highest BCUT2D eigenvalue weighted by atomic mass is 32.1. The van der Waals surface area contributed by atoms with Crippen LogP contribution < -0.4 is 5.32 Å². The minimum Gasteiger partial charge on any atom is -0.300 e. The number of anilines is 1. The van der Waals surface area contributed by atoms with E-state index < -0.39 is 0 Å². The van der Waals surface area contributed by atoms with Gasteiger partial charge in [-0.25, -0.2) is 4.39 Å². The van der Waals surface area contributed by atoms with E-state index in [1.54, 1.807) is 12.1 Å². The van der Waals surface area contributed by atoms with Crippen molar-refractivity contribution in [1.29, 1.82) is 0 Å². The molecule has 0 unspecified atom stereocenters. The van der Waals surface area contributed by atoms with E-state index in [0.29, 0.717) is 5.13 Å². The summed E-state index contributed by atoms with van der Waals surface area (Å²) in [6.07, 6.45) is 1.01. The third-order valence-electron chi connectivity index (χ3n) is 2.67. The minimum atomic E-state index is -0.310. The molecule has 0 atom stereocenters. The maximum atomic E-state index is 12.8. The van der Waals surface area contributed by atoms with Gasteiger partial charge in [0.05, 0.1) is 6.42 Å². The largest absolute Gasteiger partial charge is 0.300 e. The summed E-state index contributed by atoms with van der Waals surface area (Å²) >= 11 is 1.39. The van der Waals surface area contributed by atoms with Crippen molar-refractivity contribution in [2.45, 2.75) is 33.6 Å². The lowest BCUT2D eigenvalue weighted by atomic mass is 9.93. The second-order valence-electron chi connectivity index (χ2n) is 6.09. The van der Waals surface area contributed by atoms with Crippen LogP contribution in [0, 0.1) is 11.2 Å². The van der Waals surface area contributed by atoms with Crippen LogP contribution in [0.5, 0.6) is 0 Å². The highest BCUT2D eigenvalue weighted by molar-refractivity contribution is 7.15. The SMILES string of the molecule is CC(C)(C)Cc1nnc(NC(=O)Cc2ccc(F)cc2)s1. The first-order chi connectivity index (χ1) is 9.82. The summed E-state index contributed by atoms with van der Waals surface area (Å²) in [6.45, 7) is 6.38. The molecule has 1 heterocycles. The fourth-order valence-corrected chi connectivity index (χ4v) is 2.84. The maximum Gasteiger partial charge on any atom is 0.230 e. The van der Waals surface area contributed by atoms with Crippen molar-refractivity contribution in [2.24, 2.45) is 5.41 Å². The van der Waals surface area contributed by atoms with E-state index in [-0.39, 0.29) is 23.6 Å². The van der Waals surface area contributed by atoms with Gasteiger partial charge in [0.25, 0.3) is 0 Å². The third kappa shape index (κ3) is 5.23. The number of benzene rings is 1. The molecule has 2 aromatic rings. The van der Waals surface area contributed by atoms with E-state index in [9.17, 15) is 9.18 Å². The maximum absolute atomic E-state index is 12.8. The van der Waals surface area contributed by atoms with Crippen molar-refractivity contribution in [3.63, 3.8) is 0 Å². The lowest BCUT2D eigenvalue weighted by Crippen LogP contribution is -2.14. The Balaban J connectivity index is 1.92. The molecule has 1 N–H and O–H groups in total. The van der Waals surface area contributed by atoms with Gasteiger partial charge in [-0.05, 0) is 23.1 Å². The van der Waals surface area contributed by atoms with Crippen LogP contribution in [0.15, 0.2) is 24.3 Å². The second kappa shape index (κ2) is 6.30. The monoisotopic (exact) mass is 307 g/mol. The van der Waals surface area contributed by atoms with Crippen molar-refractivity contribution < 1.29 is 9.18 Å². The van der Waals surface area contributed by atoms with Crippen LogP contribution in [0.4, 0.5) is 9.52 Å². The summed E-state index contributed by atoms with van der Waals surface area (Å²) < 4.78 is 12.8. The molecule has 1 aromatic heterocycles. The van der Waals surface area contributed by atoms with Crippen molar-refractivity contribution in [3.05, 3.63) is 40.7 Å². The molecule has 0 aliphatic rings. The molecule has 0 saturated heterocycles. The van der Waals surface area contributed by atoms with Gasteiger partial charge in [0.2, 0.25) is 11.0 Å². The fraction of sp³-hybridized carbons (Fsp3) is 0.400. The summed E-state index contributed by atoms with van der Waals surface area (Å²) in [7, 11) is 0. The topological polar surface area (TPSA) is 54.9 Å². The number of amides is 1. The number of rotatable bonds is 4. The summed E-state index contributed by atoms with van der Waals surface area (Å²) in [4.78, 5) is 11.9. The molecule has 2 rings (SSSR count). The molecular formula is C15H18FN3OS. The fourth-order valence-electron chi connectivity index (χ4n) is 1.78. The Hall–Kier alpha value is -1.82. The Kier molecular flexibility index (Phi) is 4.67. The molecule has 0 aliphatic heterocycles. The minimum absolute atomic E-state index is 0.134. The highest BCUT2D eigenvalue weighted by Gasteiger charge is 2.16. The average molecular weight is 307 g/mol. The zero-order valence-electron chi connectivity index (χ0n) is 12.3. The first kappa shape index (κ1) is 15.6. The standard InChI is InChI=1S/C15H18FN3OS/c1-15(2,3)9-13-18-19-14(21-13)17-12(20)8-10-4-6-11(16)7-5-10/h4-7H,8-9H2,1-3H3,(H,17,19,20). The molecule has 1 aromatic carbocycles. The van der Waals surface area contributed by atoms with E-state index >= 15 is 0 Å². The molecule has 112 valence electrons. The second-order valence-corrected chi connectivity index (χ2v) is 7.15. The van der Waals surface area contributed by atoms with Crippen molar-refractivity contribution in [1.82, 2.24) is 10.2 Å². The van der Waals surface area contributed by atoms with Crippen LogP contribution in [-0.4, -0.2) is 16.1 Å². The third-order valence-corrected chi connectivity index (χ3v) is 3.51. The summed E-state index contributed by atoms with van der Waals surface area (Å²) in [5.41, 5.74) is 0.892. The van der Waals surface area contributed by atoms with Gasteiger partial charge in [0, 0.05) is 6.42 Å². The number of halogens is 1. The van der Waals surface area contributed by atoms with E-state index in [4.69, 9.17) is 0 Å². The van der Waals surface area contributed by atoms with Crippen LogP contribution >= 0.6 is 11.3 Å². The molecular weight excluding hydrogens is 289 g/mol. The van der Waals surface area contributed by atoms with E-state index in [1.165, 1.54) is 23.5 Å². The number of carbonyl (C=O) groups is 1. The molecule has 0 fully saturated rings. The normalized spacial score (nSPS) is 11.4. The zero-order chi connectivity index (χ0) is 15.5. The van der Waals surface area contributed by atoms with Crippen LogP contribution in [0.3, 0.4) is 0 Å². The Bertz CT molecular complexity index is 617. The van der Waals surface area contributed by atoms with E-state index in [1.807, 2.05) is 0 Å². The van der Waals surface area contributed by atoms with Crippen LogP contribution in [0.2, 0.25) is 0 Å². The number of hydrogen-bond acceptors (Lipinski definition) is 4. The number of carbonyl (C=O) groups excluding carboxylic acids is 1. The Morgan fingerprint density at radius 2 is 1.90 bits per heavy atom. The smallest absolute Gasteiger partial charge is 0.230 e. The summed E-state index contributed by atoms with van der Waals surface area (Å²) in [5.74, 6) is -0.491. The number of aromatic nitrogens is 2. The molecule has 0 radical (unpaired) electrons. The first-order valence-corrected chi connectivity index (χ1v) is 7.50. The van der Waals surface area contributed by atoms with Crippen molar-refractivity contribution in [3.8, 4) is 0 Å². The van der Waals surface area contributed by atoms with E-state index in [2.05, 4.69) is 36.3 Å². The van der Waals surface area contributed by atoms with Crippen LogP contribution in [-0.2, 0) is 17.6 Å². The van der Waals surface area contributed by atoms with Gasteiger partial charge in [0.1, 0.15) is 10.8 Å². The van der Waals surface area contributed by atoms with Crippen LogP contribution in [0.1, 0.15) is 31.3 Å². The van der Waals surface area contributed by atoms with Crippen molar-refractivity contribution >= 4 is 22.4 Å². The molecule has 0 spiro atoms. The zero-order valence-corrected chi connectivity index (χ0v) is 13.1. The summed E-state index contributed by atoms with van der Waals surface area (Å²) in [5, 5.41) is 12.2. The number of nitrogens with zero attached hydrogens (tertiary/aromatic N) is 2. The van der Waals surface area contributed by atoms with E-state index in [0.717, 1.165) is 17.0 Å². The quantitative estimate of drug-likeness (QED) is 0.941. The highest BCUT2D eigenvalue weighted by Crippen LogP contribution is 2.24. The first-order valence-electron chi connectivity index (χ1n) is 6.68. The van der Waals surface area contributed by atoms with Gasteiger partial charge >= 0.3 is 0 Å². The predicted octanol–water partition coefficient (Wildman–Crippen LogP) is 3.45. The van der Waals surface area contributed by atoms with Gasteiger partial charge in [-0.15, -0.1) is 10.2 Å². The van der Waals surface area contributed by atoms with Crippen molar-refractivity contribution in [2.75, 3.05) is 5.32 Å². The molecule has 0 bridgehead atoms. The number of hydrogen-bond donors (Lipinski definition) is 1. The predicted molar refractivity (Wildman–Crippen MR) is 81.8 cm³/mol. The Labute approximate surface area is 127 Å². The molecule has 6 heteroatoms. The van der Waals surface area contributed by atoms with Gasteiger partial charge in [0.15, 0.2) is 0 Å². The van der Waals surface area contributed by atoms with Gasteiger partial charge in [-0.3, -0.25) is 4.79 Å². The van der Waals surface area contributed by atoms with Crippen LogP contribution in [0.25, 0.3) is 0 Å². The number of nitrogens with one attached hydrogen (secondary N) is 1. The molecule has 4 nitrogen and oxygen atoms in total.